The number of benzene rings is 1. The zero-order valence-electron chi connectivity index (χ0n) is 14.5. The van der Waals surface area contributed by atoms with E-state index in [2.05, 4.69) is 0 Å². The number of nitrogens with zero attached hydrogens (tertiary/aromatic N) is 1. The number of carbonyl (C=O) groups is 2. The van der Waals surface area contributed by atoms with Gasteiger partial charge in [-0.05, 0) is 37.8 Å². The molecule has 25 heavy (non-hydrogen) atoms. The standard InChI is InChI=1S/C20H23NO4/c1-12-2-3-16-14(10-12)15(22)11-20(25-16)5-4-13-17(18(13)20)19(23)21-6-8-24-9-7-21/h2-3,10,13,17-18H,4-9,11H2,1H3/t13-,17-,18-,20-/m1/s1. The van der Waals surface area contributed by atoms with E-state index in [1.54, 1.807) is 0 Å². The summed E-state index contributed by atoms with van der Waals surface area (Å²) in [6.45, 7) is 4.61. The molecule has 0 aromatic heterocycles. The van der Waals surface area contributed by atoms with Crippen molar-refractivity contribution in [1.82, 2.24) is 4.90 Å². The molecule has 0 bridgehead atoms. The molecule has 1 saturated heterocycles. The number of amides is 1. The predicted octanol–water partition coefficient (Wildman–Crippen LogP) is 2.21. The molecule has 1 amide bonds. The van der Waals surface area contributed by atoms with Crippen molar-refractivity contribution in [2.45, 2.75) is 31.8 Å². The van der Waals surface area contributed by atoms with E-state index < -0.39 is 5.60 Å². The van der Waals surface area contributed by atoms with E-state index in [-0.39, 0.29) is 23.5 Å². The minimum Gasteiger partial charge on any atom is -0.486 e. The molecule has 2 aliphatic carbocycles. The molecule has 2 aliphatic heterocycles. The summed E-state index contributed by atoms with van der Waals surface area (Å²) < 4.78 is 11.8. The first kappa shape index (κ1) is 15.4. The fraction of sp³-hybridized carbons (Fsp3) is 0.600. The third-order valence-electron chi connectivity index (χ3n) is 6.49. The number of ketones is 1. The fourth-order valence-electron chi connectivity index (χ4n) is 5.26. The van der Waals surface area contributed by atoms with Crippen LogP contribution in [0.3, 0.4) is 0 Å². The van der Waals surface area contributed by atoms with Crippen LogP contribution in [0.4, 0.5) is 0 Å². The number of aryl methyl sites for hydroxylation is 1. The molecule has 1 spiro atoms. The van der Waals surface area contributed by atoms with Gasteiger partial charge in [0.15, 0.2) is 5.78 Å². The first-order chi connectivity index (χ1) is 12.1. The zero-order chi connectivity index (χ0) is 17.2. The topological polar surface area (TPSA) is 55.8 Å². The average Bonchev–Trinajstić information content (AvgIpc) is 3.27. The second-order valence-corrected chi connectivity index (χ2v) is 7.96. The lowest BCUT2D eigenvalue weighted by molar-refractivity contribution is -0.138. The Bertz CT molecular complexity index is 754. The monoisotopic (exact) mass is 341 g/mol. The molecule has 4 aliphatic rings. The van der Waals surface area contributed by atoms with Crippen LogP contribution in [0.25, 0.3) is 0 Å². The highest BCUT2D eigenvalue weighted by atomic mass is 16.5. The maximum absolute atomic E-state index is 12.9. The lowest BCUT2D eigenvalue weighted by atomic mass is 9.84. The lowest BCUT2D eigenvalue weighted by Gasteiger charge is -2.37. The fourth-order valence-corrected chi connectivity index (χ4v) is 5.26. The van der Waals surface area contributed by atoms with Crippen LogP contribution >= 0.6 is 0 Å². The van der Waals surface area contributed by atoms with Crippen LogP contribution in [0.1, 0.15) is 35.2 Å². The Morgan fingerprint density at radius 2 is 2.08 bits per heavy atom. The molecule has 0 N–H and O–H groups in total. The van der Waals surface area contributed by atoms with Crippen molar-refractivity contribution in [2.24, 2.45) is 17.8 Å². The summed E-state index contributed by atoms with van der Waals surface area (Å²) in [5.41, 5.74) is 1.31. The van der Waals surface area contributed by atoms with Gasteiger partial charge in [0, 0.05) is 24.9 Å². The van der Waals surface area contributed by atoms with Crippen molar-refractivity contribution in [3.05, 3.63) is 29.3 Å². The number of Topliss-reactive ketones (excluding diaryl/α,β-unsaturated/α-hetero) is 1. The van der Waals surface area contributed by atoms with Gasteiger partial charge in [-0.2, -0.15) is 0 Å². The van der Waals surface area contributed by atoms with Gasteiger partial charge in [0.2, 0.25) is 5.91 Å². The number of carbonyl (C=O) groups excluding carboxylic acids is 2. The maximum Gasteiger partial charge on any atom is 0.226 e. The van der Waals surface area contributed by atoms with Gasteiger partial charge in [-0.3, -0.25) is 9.59 Å². The second-order valence-electron chi connectivity index (χ2n) is 7.96. The third-order valence-corrected chi connectivity index (χ3v) is 6.49. The third kappa shape index (κ3) is 2.25. The minimum atomic E-state index is -0.462. The molecule has 2 heterocycles. The Labute approximate surface area is 147 Å². The van der Waals surface area contributed by atoms with Gasteiger partial charge in [0.25, 0.3) is 0 Å². The number of morpholine rings is 1. The number of fused-ring (bicyclic) bond motifs is 3. The van der Waals surface area contributed by atoms with Crippen LogP contribution in [0.2, 0.25) is 0 Å². The molecular formula is C20H23NO4. The van der Waals surface area contributed by atoms with Gasteiger partial charge in [-0.25, -0.2) is 0 Å². The Balaban J connectivity index is 1.39. The van der Waals surface area contributed by atoms with Crippen molar-refractivity contribution in [3.63, 3.8) is 0 Å². The Morgan fingerprint density at radius 1 is 1.28 bits per heavy atom. The summed E-state index contributed by atoms with van der Waals surface area (Å²) >= 11 is 0. The molecule has 5 heteroatoms. The van der Waals surface area contributed by atoms with Gasteiger partial charge >= 0.3 is 0 Å². The molecule has 132 valence electrons. The van der Waals surface area contributed by atoms with E-state index in [1.807, 2.05) is 30.0 Å². The van der Waals surface area contributed by atoms with Crippen LogP contribution < -0.4 is 4.74 Å². The first-order valence-corrected chi connectivity index (χ1v) is 9.28. The Kier molecular flexibility index (Phi) is 3.26. The van der Waals surface area contributed by atoms with Crippen molar-refractivity contribution in [1.29, 1.82) is 0 Å². The molecule has 1 aromatic rings. The largest absolute Gasteiger partial charge is 0.486 e. The van der Waals surface area contributed by atoms with Crippen molar-refractivity contribution in [2.75, 3.05) is 26.3 Å². The normalized spacial score (nSPS) is 36.0. The Hall–Kier alpha value is -1.88. The van der Waals surface area contributed by atoms with E-state index in [1.165, 1.54) is 0 Å². The number of hydrogen-bond acceptors (Lipinski definition) is 4. The Morgan fingerprint density at radius 3 is 2.88 bits per heavy atom. The second kappa shape index (κ2) is 5.31. The van der Waals surface area contributed by atoms with E-state index >= 15 is 0 Å². The molecular weight excluding hydrogens is 318 g/mol. The van der Waals surface area contributed by atoms with Crippen molar-refractivity contribution in [3.8, 4) is 5.75 Å². The zero-order valence-corrected chi connectivity index (χ0v) is 14.5. The smallest absolute Gasteiger partial charge is 0.226 e. The number of hydrogen-bond donors (Lipinski definition) is 0. The van der Waals surface area contributed by atoms with Gasteiger partial charge in [0.05, 0.1) is 25.2 Å². The summed E-state index contributed by atoms with van der Waals surface area (Å²) in [5, 5.41) is 0. The highest BCUT2D eigenvalue weighted by Crippen LogP contribution is 2.66. The van der Waals surface area contributed by atoms with Crippen LogP contribution in [0.5, 0.6) is 5.75 Å². The molecule has 5 rings (SSSR count). The number of rotatable bonds is 1. The lowest BCUT2D eigenvalue weighted by Crippen LogP contribution is -2.46. The summed E-state index contributed by atoms with van der Waals surface area (Å²) in [6, 6.07) is 5.82. The van der Waals surface area contributed by atoms with Gasteiger partial charge in [-0.1, -0.05) is 11.6 Å². The number of ether oxygens (including phenoxy) is 2. The van der Waals surface area contributed by atoms with E-state index in [4.69, 9.17) is 9.47 Å². The highest BCUT2D eigenvalue weighted by molar-refractivity contribution is 6.01. The summed E-state index contributed by atoms with van der Waals surface area (Å²) in [4.78, 5) is 27.6. The van der Waals surface area contributed by atoms with E-state index in [0.29, 0.717) is 50.0 Å². The molecule has 0 radical (unpaired) electrons. The van der Waals surface area contributed by atoms with Crippen molar-refractivity contribution < 1.29 is 19.1 Å². The highest BCUT2D eigenvalue weighted by Gasteiger charge is 2.71. The molecule has 0 unspecified atom stereocenters. The maximum atomic E-state index is 12.9. The quantitative estimate of drug-likeness (QED) is 0.786. The van der Waals surface area contributed by atoms with Crippen molar-refractivity contribution >= 4 is 11.7 Å². The summed E-state index contributed by atoms with van der Waals surface area (Å²) in [6.07, 6.45) is 2.28. The van der Waals surface area contributed by atoms with Gasteiger partial charge < -0.3 is 14.4 Å². The SMILES string of the molecule is Cc1ccc2c(c1)C(=O)C[C@@]1(CC[C@@H]3[C@@H](C(=O)N4CCOCC4)[C@@H]31)O2. The van der Waals surface area contributed by atoms with Crippen LogP contribution in [0, 0.1) is 24.7 Å². The van der Waals surface area contributed by atoms with Crippen LogP contribution in [0.15, 0.2) is 18.2 Å². The molecule has 4 atom stereocenters. The van der Waals surface area contributed by atoms with Gasteiger partial charge in [-0.15, -0.1) is 0 Å². The molecule has 3 fully saturated rings. The van der Waals surface area contributed by atoms with Gasteiger partial charge in [0.1, 0.15) is 11.4 Å². The van der Waals surface area contributed by atoms with E-state index in [9.17, 15) is 9.59 Å². The van der Waals surface area contributed by atoms with Crippen LogP contribution in [-0.4, -0.2) is 48.5 Å². The predicted molar refractivity (Wildman–Crippen MR) is 90.6 cm³/mol. The van der Waals surface area contributed by atoms with Crippen LogP contribution in [-0.2, 0) is 9.53 Å². The minimum absolute atomic E-state index is 0.0339. The average molecular weight is 341 g/mol. The van der Waals surface area contributed by atoms with E-state index in [0.717, 1.165) is 18.4 Å². The molecule has 2 saturated carbocycles. The first-order valence-electron chi connectivity index (χ1n) is 9.28. The molecule has 1 aromatic carbocycles. The summed E-state index contributed by atoms with van der Waals surface area (Å²) in [7, 11) is 0. The summed E-state index contributed by atoms with van der Waals surface area (Å²) in [5.74, 6) is 1.72. The molecule has 5 nitrogen and oxygen atoms in total.